The van der Waals surface area contributed by atoms with Gasteiger partial charge in [-0.05, 0) is 30.5 Å². The van der Waals surface area contributed by atoms with Crippen molar-refractivity contribution in [2.24, 2.45) is 0 Å². The highest BCUT2D eigenvalue weighted by atomic mass is 35.5. The van der Waals surface area contributed by atoms with E-state index in [2.05, 4.69) is 10.6 Å². The first-order chi connectivity index (χ1) is 8.65. The van der Waals surface area contributed by atoms with E-state index in [4.69, 9.17) is 5.73 Å². The van der Waals surface area contributed by atoms with Gasteiger partial charge in [-0.15, -0.1) is 12.4 Å². The molecule has 1 fully saturated rings. The number of anilines is 1. The van der Waals surface area contributed by atoms with E-state index in [1.807, 2.05) is 24.3 Å². The summed E-state index contributed by atoms with van der Waals surface area (Å²) in [6, 6.07) is 7.21. The number of nitrogen functional groups attached to an aromatic ring is 1. The number of carbonyl (C=O) groups is 2. The van der Waals surface area contributed by atoms with Gasteiger partial charge in [0, 0.05) is 18.7 Å². The van der Waals surface area contributed by atoms with Crippen LogP contribution in [0.3, 0.4) is 0 Å². The molecule has 0 bridgehead atoms. The molecule has 0 aromatic heterocycles. The molecule has 1 atom stereocenters. The molecule has 2 rings (SSSR count). The average Bonchev–Trinajstić information content (AvgIpc) is 2.78. The van der Waals surface area contributed by atoms with Gasteiger partial charge in [-0.1, -0.05) is 12.1 Å². The molecule has 1 saturated heterocycles. The predicted octanol–water partition coefficient (Wildman–Crippen LogP) is 0.628. The van der Waals surface area contributed by atoms with Gasteiger partial charge in [0.05, 0.1) is 0 Å². The van der Waals surface area contributed by atoms with Crippen LogP contribution >= 0.6 is 12.4 Å². The lowest BCUT2D eigenvalue weighted by Crippen LogP contribution is -2.42. The zero-order valence-corrected chi connectivity index (χ0v) is 11.3. The highest BCUT2D eigenvalue weighted by molar-refractivity contribution is 5.90. The lowest BCUT2D eigenvalue weighted by atomic mass is 10.1. The summed E-state index contributed by atoms with van der Waals surface area (Å²) in [4.78, 5) is 22.7. The van der Waals surface area contributed by atoms with Gasteiger partial charge in [-0.25, -0.2) is 0 Å². The van der Waals surface area contributed by atoms with Crippen molar-refractivity contribution in [3.05, 3.63) is 29.8 Å². The van der Waals surface area contributed by atoms with Gasteiger partial charge >= 0.3 is 0 Å². The fraction of sp³-hybridized carbons (Fsp3) is 0.385. The first-order valence-corrected chi connectivity index (χ1v) is 6.06. The van der Waals surface area contributed by atoms with E-state index in [0.29, 0.717) is 19.4 Å². The van der Waals surface area contributed by atoms with Crippen LogP contribution in [0, 0.1) is 0 Å². The van der Waals surface area contributed by atoms with Crippen molar-refractivity contribution in [3.8, 4) is 0 Å². The fourth-order valence-corrected chi connectivity index (χ4v) is 1.95. The van der Waals surface area contributed by atoms with E-state index in [-0.39, 0.29) is 30.3 Å². The summed E-state index contributed by atoms with van der Waals surface area (Å²) in [6.45, 7) is 0.565. The van der Waals surface area contributed by atoms with Crippen molar-refractivity contribution in [1.82, 2.24) is 10.6 Å². The molecule has 4 N–H and O–H groups in total. The first-order valence-electron chi connectivity index (χ1n) is 6.06. The van der Waals surface area contributed by atoms with Gasteiger partial charge in [0.2, 0.25) is 11.8 Å². The Bertz CT molecular complexity index is 448. The molecular formula is C13H18ClN3O2. The summed E-state index contributed by atoms with van der Waals surface area (Å²) in [5, 5.41) is 5.47. The number of halogens is 1. The molecule has 0 radical (unpaired) electrons. The van der Waals surface area contributed by atoms with Crippen molar-refractivity contribution in [3.63, 3.8) is 0 Å². The van der Waals surface area contributed by atoms with E-state index in [0.717, 1.165) is 17.7 Å². The highest BCUT2D eigenvalue weighted by Gasteiger charge is 2.26. The standard InChI is InChI=1S/C13H17N3O2.ClH/c14-10-3-1-9(2-4-10)7-8-15-13(18)11-5-6-12(17)16-11;/h1-4,11H,5-8,14H2,(H,15,18)(H,16,17);1H. The third kappa shape index (κ3) is 4.44. The van der Waals surface area contributed by atoms with Crippen LogP contribution in [-0.4, -0.2) is 24.4 Å². The minimum atomic E-state index is -0.357. The molecule has 0 spiro atoms. The van der Waals surface area contributed by atoms with Gasteiger partial charge in [-0.2, -0.15) is 0 Å². The average molecular weight is 284 g/mol. The molecule has 1 aromatic carbocycles. The smallest absolute Gasteiger partial charge is 0.242 e. The van der Waals surface area contributed by atoms with E-state index in [9.17, 15) is 9.59 Å². The Morgan fingerprint density at radius 1 is 1.37 bits per heavy atom. The van der Waals surface area contributed by atoms with Crippen LogP contribution in [-0.2, 0) is 16.0 Å². The minimum Gasteiger partial charge on any atom is -0.399 e. The van der Waals surface area contributed by atoms with Crippen molar-refractivity contribution in [2.45, 2.75) is 25.3 Å². The third-order valence-corrected chi connectivity index (χ3v) is 3.00. The number of amides is 2. The predicted molar refractivity (Wildman–Crippen MR) is 76.0 cm³/mol. The number of rotatable bonds is 4. The SMILES string of the molecule is Cl.Nc1ccc(CCNC(=O)C2CCC(=O)N2)cc1. The van der Waals surface area contributed by atoms with Gasteiger partial charge < -0.3 is 16.4 Å². The molecule has 0 aliphatic carbocycles. The summed E-state index contributed by atoms with van der Waals surface area (Å²) >= 11 is 0. The van der Waals surface area contributed by atoms with Gasteiger partial charge in [0.15, 0.2) is 0 Å². The van der Waals surface area contributed by atoms with Crippen LogP contribution in [0.2, 0.25) is 0 Å². The number of nitrogens with two attached hydrogens (primary N) is 1. The van der Waals surface area contributed by atoms with Crippen LogP contribution < -0.4 is 16.4 Å². The summed E-state index contributed by atoms with van der Waals surface area (Å²) in [5.41, 5.74) is 7.45. The molecule has 5 nitrogen and oxygen atoms in total. The van der Waals surface area contributed by atoms with Crippen molar-refractivity contribution in [2.75, 3.05) is 12.3 Å². The second-order valence-electron chi connectivity index (χ2n) is 4.44. The maximum Gasteiger partial charge on any atom is 0.242 e. The molecule has 6 heteroatoms. The zero-order chi connectivity index (χ0) is 13.0. The van der Waals surface area contributed by atoms with Crippen LogP contribution in [0.4, 0.5) is 5.69 Å². The lowest BCUT2D eigenvalue weighted by molar-refractivity contribution is -0.125. The Morgan fingerprint density at radius 2 is 2.05 bits per heavy atom. The van der Waals surface area contributed by atoms with Crippen LogP contribution in [0.25, 0.3) is 0 Å². The van der Waals surface area contributed by atoms with Crippen molar-refractivity contribution < 1.29 is 9.59 Å². The van der Waals surface area contributed by atoms with Gasteiger partial charge in [-0.3, -0.25) is 9.59 Å². The quantitative estimate of drug-likeness (QED) is 0.709. The van der Waals surface area contributed by atoms with E-state index < -0.39 is 0 Å². The van der Waals surface area contributed by atoms with E-state index in [1.54, 1.807) is 0 Å². The minimum absolute atomic E-state index is 0. The normalized spacial score (nSPS) is 17.5. The number of carbonyl (C=O) groups excluding carboxylic acids is 2. The second kappa shape index (κ2) is 6.99. The Morgan fingerprint density at radius 3 is 2.63 bits per heavy atom. The number of benzene rings is 1. The summed E-state index contributed by atoms with van der Waals surface area (Å²) in [7, 11) is 0. The molecule has 104 valence electrons. The van der Waals surface area contributed by atoms with Crippen molar-refractivity contribution in [1.29, 1.82) is 0 Å². The van der Waals surface area contributed by atoms with Crippen LogP contribution in [0.5, 0.6) is 0 Å². The molecule has 1 aliphatic heterocycles. The first kappa shape index (κ1) is 15.3. The fourth-order valence-electron chi connectivity index (χ4n) is 1.95. The number of hydrogen-bond acceptors (Lipinski definition) is 3. The molecule has 1 aromatic rings. The Balaban J connectivity index is 0.00000180. The van der Waals surface area contributed by atoms with E-state index >= 15 is 0 Å². The molecule has 1 aliphatic rings. The van der Waals surface area contributed by atoms with Crippen LogP contribution in [0.15, 0.2) is 24.3 Å². The number of nitrogens with one attached hydrogen (secondary N) is 2. The summed E-state index contributed by atoms with van der Waals surface area (Å²) in [6.07, 6.45) is 1.79. The lowest BCUT2D eigenvalue weighted by Gasteiger charge is -2.10. The molecule has 19 heavy (non-hydrogen) atoms. The summed E-state index contributed by atoms with van der Waals surface area (Å²) < 4.78 is 0. The molecule has 1 heterocycles. The molecule has 0 saturated carbocycles. The largest absolute Gasteiger partial charge is 0.399 e. The Labute approximate surface area is 118 Å². The third-order valence-electron chi connectivity index (χ3n) is 3.00. The molecule has 1 unspecified atom stereocenters. The monoisotopic (exact) mass is 283 g/mol. The van der Waals surface area contributed by atoms with Gasteiger partial charge in [0.1, 0.15) is 6.04 Å². The molecular weight excluding hydrogens is 266 g/mol. The Hall–Kier alpha value is -1.75. The maximum absolute atomic E-state index is 11.7. The van der Waals surface area contributed by atoms with E-state index in [1.165, 1.54) is 0 Å². The number of hydrogen-bond donors (Lipinski definition) is 3. The van der Waals surface area contributed by atoms with Crippen LogP contribution in [0.1, 0.15) is 18.4 Å². The maximum atomic E-state index is 11.7. The summed E-state index contributed by atoms with van der Waals surface area (Å²) in [5.74, 6) is -0.148. The zero-order valence-electron chi connectivity index (χ0n) is 10.5. The van der Waals surface area contributed by atoms with Crippen molar-refractivity contribution >= 4 is 29.9 Å². The highest BCUT2D eigenvalue weighted by Crippen LogP contribution is 2.07. The molecule has 2 amide bonds. The van der Waals surface area contributed by atoms with Gasteiger partial charge in [0.25, 0.3) is 0 Å². The second-order valence-corrected chi connectivity index (χ2v) is 4.44. The Kier molecular flexibility index (Phi) is 5.63. The topological polar surface area (TPSA) is 84.2 Å².